The maximum atomic E-state index is 4.57. The van der Waals surface area contributed by atoms with Crippen molar-refractivity contribution in [1.29, 1.82) is 0 Å². The fraction of sp³-hybridized carbons (Fsp3) is 0.400. The van der Waals surface area contributed by atoms with Crippen LogP contribution in [0.2, 0.25) is 0 Å². The first-order chi connectivity index (χ1) is 15.3. The van der Waals surface area contributed by atoms with Gasteiger partial charge in [0.25, 0.3) is 0 Å². The lowest BCUT2D eigenvalue weighted by atomic mass is 10.3. The predicted octanol–water partition coefficient (Wildman–Crippen LogP) is 1.58. The van der Waals surface area contributed by atoms with E-state index in [1.807, 2.05) is 0 Å². The third-order valence-corrected chi connectivity index (χ3v) is 5.87. The lowest BCUT2D eigenvalue weighted by Gasteiger charge is -2.34. The van der Waals surface area contributed by atoms with Crippen LogP contribution in [0.4, 0.5) is 17.5 Å². The van der Waals surface area contributed by atoms with Gasteiger partial charge in [0.2, 0.25) is 5.95 Å². The van der Waals surface area contributed by atoms with Crippen LogP contribution in [-0.2, 0) is 0 Å². The lowest BCUT2D eigenvalue weighted by molar-refractivity contribution is 0.247. The molecule has 0 atom stereocenters. The summed E-state index contributed by atoms with van der Waals surface area (Å²) in [5, 5.41) is 14.4. The summed E-state index contributed by atoms with van der Waals surface area (Å²) < 4.78 is 1.73. The number of H-pyrrole nitrogens is 1. The summed E-state index contributed by atoms with van der Waals surface area (Å²) in [6.45, 7) is 5.35. The maximum Gasteiger partial charge on any atom is 0.225 e. The lowest BCUT2D eigenvalue weighted by Crippen LogP contribution is -2.47. The summed E-state index contributed by atoms with van der Waals surface area (Å²) in [4.78, 5) is 22.8. The molecule has 5 heterocycles. The summed E-state index contributed by atoms with van der Waals surface area (Å²) in [5.74, 6) is 2.30. The number of hydrogen-bond donors (Lipinski definition) is 2. The van der Waals surface area contributed by atoms with Crippen LogP contribution in [0.5, 0.6) is 0 Å². The molecule has 11 heteroatoms. The molecule has 1 saturated carbocycles. The van der Waals surface area contributed by atoms with Gasteiger partial charge in [-0.05, 0) is 18.8 Å². The van der Waals surface area contributed by atoms with Crippen molar-refractivity contribution in [2.45, 2.75) is 12.8 Å². The highest BCUT2D eigenvalue weighted by atomic mass is 15.3. The number of hydrogen-bond acceptors (Lipinski definition) is 9. The summed E-state index contributed by atoms with van der Waals surface area (Å²) in [6, 6.07) is 0. The molecule has 0 radical (unpaired) electrons. The number of rotatable bonds is 6. The van der Waals surface area contributed by atoms with E-state index in [1.165, 1.54) is 25.7 Å². The van der Waals surface area contributed by atoms with E-state index in [0.29, 0.717) is 11.5 Å². The van der Waals surface area contributed by atoms with Crippen LogP contribution in [0.3, 0.4) is 0 Å². The Labute approximate surface area is 178 Å². The van der Waals surface area contributed by atoms with Crippen molar-refractivity contribution in [1.82, 2.24) is 44.6 Å². The van der Waals surface area contributed by atoms with Crippen LogP contribution in [0.1, 0.15) is 12.8 Å². The number of fused-ring (bicyclic) bond motifs is 1. The number of nitrogens with one attached hydrogen (secondary N) is 2. The number of aromatic nitrogens is 8. The normalized spacial score (nSPS) is 17.4. The summed E-state index contributed by atoms with van der Waals surface area (Å²) >= 11 is 0. The minimum Gasteiger partial charge on any atom is -0.338 e. The van der Waals surface area contributed by atoms with E-state index in [2.05, 4.69) is 50.3 Å². The van der Waals surface area contributed by atoms with E-state index < -0.39 is 0 Å². The van der Waals surface area contributed by atoms with Gasteiger partial charge < -0.3 is 10.2 Å². The average molecular weight is 417 g/mol. The first kappa shape index (κ1) is 18.2. The highest BCUT2D eigenvalue weighted by Gasteiger charge is 2.27. The molecule has 0 amide bonds. The number of nitrogens with zero attached hydrogens (tertiary/aromatic N) is 9. The van der Waals surface area contributed by atoms with Crippen LogP contribution in [0, 0.1) is 5.92 Å². The van der Waals surface area contributed by atoms with Crippen molar-refractivity contribution in [2.75, 3.05) is 42.9 Å². The number of piperazine rings is 1. The Morgan fingerprint density at radius 3 is 2.55 bits per heavy atom. The third kappa shape index (κ3) is 3.67. The van der Waals surface area contributed by atoms with Crippen molar-refractivity contribution >= 4 is 23.1 Å². The minimum absolute atomic E-state index is 0.592. The SMILES string of the molecule is c1nc2c(Nc3cnc(N4CCN(CC5CC5)CC4)nc3)ncc(-c3cn[nH]c3)n2n1. The molecule has 0 unspecified atom stereocenters. The Morgan fingerprint density at radius 1 is 0.968 bits per heavy atom. The van der Waals surface area contributed by atoms with E-state index in [1.54, 1.807) is 35.5 Å². The second kappa shape index (κ2) is 7.58. The van der Waals surface area contributed by atoms with Crippen molar-refractivity contribution in [3.05, 3.63) is 37.3 Å². The Bertz CT molecular complexity index is 1160. The molecule has 4 aromatic heterocycles. The molecule has 4 aromatic rings. The van der Waals surface area contributed by atoms with Gasteiger partial charge >= 0.3 is 0 Å². The minimum atomic E-state index is 0.592. The van der Waals surface area contributed by atoms with Gasteiger partial charge in [-0.3, -0.25) is 10.00 Å². The molecule has 31 heavy (non-hydrogen) atoms. The second-order valence-corrected chi connectivity index (χ2v) is 8.10. The fourth-order valence-electron chi connectivity index (χ4n) is 3.98. The van der Waals surface area contributed by atoms with Crippen LogP contribution in [0.15, 0.2) is 37.3 Å². The van der Waals surface area contributed by atoms with Gasteiger partial charge in [0.05, 0.1) is 36.2 Å². The summed E-state index contributed by atoms with van der Waals surface area (Å²) in [5.41, 5.74) is 3.07. The first-order valence-electron chi connectivity index (χ1n) is 10.6. The molecule has 11 nitrogen and oxygen atoms in total. The molecule has 1 saturated heterocycles. The molecule has 0 spiro atoms. The monoisotopic (exact) mass is 417 g/mol. The maximum absolute atomic E-state index is 4.57. The van der Waals surface area contributed by atoms with Crippen LogP contribution in [0.25, 0.3) is 16.9 Å². The zero-order chi connectivity index (χ0) is 20.6. The van der Waals surface area contributed by atoms with Gasteiger partial charge in [0.15, 0.2) is 11.5 Å². The van der Waals surface area contributed by atoms with Gasteiger partial charge in [-0.15, -0.1) is 0 Å². The predicted molar refractivity (Wildman–Crippen MR) is 115 cm³/mol. The fourth-order valence-corrected chi connectivity index (χ4v) is 3.98. The average Bonchev–Trinajstić information content (AvgIpc) is 3.26. The Morgan fingerprint density at radius 2 is 1.81 bits per heavy atom. The van der Waals surface area contributed by atoms with E-state index in [4.69, 9.17) is 0 Å². The van der Waals surface area contributed by atoms with Crippen molar-refractivity contribution in [2.24, 2.45) is 5.92 Å². The molecule has 158 valence electrons. The molecule has 6 rings (SSSR count). The van der Waals surface area contributed by atoms with Gasteiger partial charge in [-0.2, -0.15) is 10.2 Å². The quantitative estimate of drug-likeness (QED) is 0.482. The van der Waals surface area contributed by atoms with E-state index in [0.717, 1.165) is 55.0 Å². The summed E-state index contributed by atoms with van der Waals surface area (Å²) in [7, 11) is 0. The van der Waals surface area contributed by atoms with Gasteiger partial charge in [0.1, 0.15) is 6.33 Å². The van der Waals surface area contributed by atoms with E-state index in [9.17, 15) is 0 Å². The molecule has 0 aromatic carbocycles. The molecular weight excluding hydrogens is 394 g/mol. The van der Waals surface area contributed by atoms with Crippen LogP contribution >= 0.6 is 0 Å². The van der Waals surface area contributed by atoms with Crippen molar-refractivity contribution in [3.63, 3.8) is 0 Å². The molecule has 2 N–H and O–H groups in total. The zero-order valence-corrected chi connectivity index (χ0v) is 17.0. The molecule has 0 bridgehead atoms. The first-order valence-corrected chi connectivity index (χ1v) is 10.6. The standard InChI is InChI=1S/C20H23N11/c1-2-14(1)12-29-3-5-30(6-4-29)20-22-9-16(10-23-20)28-18-19-24-13-27-31(19)17(11-21-18)15-7-25-26-8-15/h7-11,13-14H,1-6,12H2,(H,21,28)(H,25,26). The van der Waals surface area contributed by atoms with Crippen LogP contribution < -0.4 is 10.2 Å². The van der Waals surface area contributed by atoms with E-state index in [-0.39, 0.29) is 0 Å². The molecule has 2 aliphatic rings. The Balaban J connectivity index is 1.16. The Kier molecular flexibility index (Phi) is 4.45. The van der Waals surface area contributed by atoms with E-state index >= 15 is 0 Å². The molecule has 1 aliphatic carbocycles. The molecule has 1 aliphatic heterocycles. The molecule has 2 fully saturated rings. The highest BCUT2D eigenvalue weighted by Crippen LogP contribution is 2.30. The topological polar surface area (TPSA) is 116 Å². The number of aromatic amines is 1. The largest absolute Gasteiger partial charge is 0.338 e. The smallest absolute Gasteiger partial charge is 0.225 e. The third-order valence-electron chi connectivity index (χ3n) is 5.87. The second-order valence-electron chi connectivity index (χ2n) is 8.10. The summed E-state index contributed by atoms with van der Waals surface area (Å²) in [6.07, 6.45) is 13.2. The van der Waals surface area contributed by atoms with Gasteiger partial charge in [0, 0.05) is 44.5 Å². The Hall–Kier alpha value is -3.60. The molecular formula is C20H23N11. The van der Waals surface area contributed by atoms with Crippen molar-refractivity contribution in [3.8, 4) is 11.3 Å². The van der Waals surface area contributed by atoms with Crippen LogP contribution in [-0.4, -0.2) is 77.4 Å². The number of anilines is 3. The van der Waals surface area contributed by atoms with Gasteiger partial charge in [-0.1, -0.05) is 0 Å². The highest BCUT2D eigenvalue weighted by molar-refractivity contribution is 5.72. The van der Waals surface area contributed by atoms with Crippen molar-refractivity contribution < 1.29 is 0 Å². The zero-order valence-electron chi connectivity index (χ0n) is 17.0. The van der Waals surface area contributed by atoms with Gasteiger partial charge in [-0.25, -0.2) is 24.5 Å².